The first-order valence-corrected chi connectivity index (χ1v) is 6.69. The van der Waals surface area contributed by atoms with E-state index in [1.807, 2.05) is 24.3 Å². The molecular formula is C15H19NO3. The molecule has 2 rings (SSSR count). The van der Waals surface area contributed by atoms with Gasteiger partial charge in [0.25, 0.3) is 0 Å². The van der Waals surface area contributed by atoms with Crippen molar-refractivity contribution in [2.24, 2.45) is 11.1 Å². The average Bonchev–Trinajstić information content (AvgIpc) is 2.41. The molecule has 102 valence electrons. The SMILES string of the molecule is O=C(O)Cc1ccc(C[C@@H]2CCCC/C2=N/O)cc1. The van der Waals surface area contributed by atoms with Crippen molar-refractivity contribution >= 4 is 11.7 Å². The molecule has 4 nitrogen and oxygen atoms in total. The van der Waals surface area contributed by atoms with Crippen LogP contribution in [0.15, 0.2) is 29.4 Å². The van der Waals surface area contributed by atoms with Crippen LogP contribution in [0.3, 0.4) is 0 Å². The Hall–Kier alpha value is -1.84. The zero-order valence-electron chi connectivity index (χ0n) is 10.9. The largest absolute Gasteiger partial charge is 0.481 e. The first kappa shape index (κ1) is 13.6. The average molecular weight is 261 g/mol. The Balaban J connectivity index is 2.00. The summed E-state index contributed by atoms with van der Waals surface area (Å²) < 4.78 is 0. The summed E-state index contributed by atoms with van der Waals surface area (Å²) in [7, 11) is 0. The molecule has 0 aliphatic heterocycles. The number of benzene rings is 1. The molecule has 0 heterocycles. The fourth-order valence-corrected chi connectivity index (χ4v) is 2.67. The van der Waals surface area contributed by atoms with Gasteiger partial charge in [0.15, 0.2) is 0 Å². The van der Waals surface area contributed by atoms with Crippen LogP contribution in [-0.2, 0) is 17.6 Å². The second kappa shape index (κ2) is 6.36. The summed E-state index contributed by atoms with van der Waals surface area (Å²) in [5.74, 6) is -0.487. The number of carboxylic acid groups (broad SMARTS) is 1. The van der Waals surface area contributed by atoms with Gasteiger partial charge in [0.2, 0.25) is 0 Å². The van der Waals surface area contributed by atoms with Gasteiger partial charge < -0.3 is 10.3 Å². The van der Waals surface area contributed by atoms with Crippen LogP contribution in [0.1, 0.15) is 36.8 Å². The summed E-state index contributed by atoms with van der Waals surface area (Å²) in [5.41, 5.74) is 2.89. The van der Waals surface area contributed by atoms with E-state index in [1.165, 1.54) is 12.0 Å². The van der Waals surface area contributed by atoms with Gasteiger partial charge >= 0.3 is 5.97 Å². The molecule has 0 aromatic heterocycles. The Morgan fingerprint density at radius 1 is 1.21 bits per heavy atom. The smallest absolute Gasteiger partial charge is 0.307 e. The molecule has 0 saturated heterocycles. The molecular weight excluding hydrogens is 242 g/mol. The van der Waals surface area contributed by atoms with Gasteiger partial charge in [-0.3, -0.25) is 4.79 Å². The predicted molar refractivity (Wildman–Crippen MR) is 72.7 cm³/mol. The number of oxime groups is 1. The topological polar surface area (TPSA) is 69.9 Å². The normalized spacial score (nSPS) is 21.5. The number of hydrogen-bond acceptors (Lipinski definition) is 3. The minimum absolute atomic E-state index is 0.0626. The standard InChI is InChI=1S/C15H19NO3/c17-15(18)10-12-7-5-11(6-8-12)9-13-3-1-2-4-14(13)16-19/h5-8,13,19H,1-4,9-10H2,(H,17,18)/b16-14-/t13-/m0/s1. The van der Waals surface area contributed by atoms with Crippen molar-refractivity contribution in [1.82, 2.24) is 0 Å². The third-order valence-corrected chi connectivity index (χ3v) is 3.70. The molecule has 4 heteroatoms. The predicted octanol–water partition coefficient (Wildman–Crippen LogP) is 2.88. The molecule has 0 radical (unpaired) electrons. The Labute approximate surface area is 112 Å². The molecule has 0 unspecified atom stereocenters. The molecule has 1 aliphatic carbocycles. The summed E-state index contributed by atoms with van der Waals surface area (Å²) in [6.07, 6.45) is 5.17. The maximum Gasteiger partial charge on any atom is 0.307 e. The molecule has 19 heavy (non-hydrogen) atoms. The Morgan fingerprint density at radius 2 is 1.89 bits per heavy atom. The van der Waals surface area contributed by atoms with E-state index in [0.717, 1.165) is 37.0 Å². The maximum absolute atomic E-state index is 10.6. The van der Waals surface area contributed by atoms with Gasteiger partial charge in [-0.05, 0) is 36.8 Å². The van der Waals surface area contributed by atoms with Crippen LogP contribution < -0.4 is 0 Å². The molecule has 1 fully saturated rings. The van der Waals surface area contributed by atoms with Gasteiger partial charge in [0.1, 0.15) is 0 Å². The number of carbonyl (C=O) groups is 1. The highest BCUT2D eigenvalue weighted by Crippen LogP contribution is 2.25. The van der Waals surface area contributed by atoms with E-state index >= 15 is 0 Å². The van der Waals surface area contributed by atoms with Gasteiger partial charge in [-0.25, -0.2) is 0 Å². The zero-order chi connectivity index (χ0) is 13.7. The Bertz CT molecular complexity index is 465. The summed E-state index contributed by atoms with van der Waals surface area (Å²) in [4.78, 5) is 10.6. The zero-order valence-corrected chi connectivity index (χ0v) is 10.9. The highest BCUT2D eigenvalue weighted by atomic mass is 16.4. The van der Waals surface area contributed by atoms with Crippen molar-refractivity contribution in [1.29, 1.82) is 0 Å². The lowest BCUT2D eigenvalue weighted by molar-refractivity contribution is -0.136. The van der Waals surface area contributed by atoms with E-state index < -0.39 is 5.97 Å². The van der Waals surface area contributed by atoms with Gasteiger partial charge in [-0.2, -0.15) is 0 Å². The van der Waals surface area contributed by atoms with E-state index in [0.29, 0.717) is 5.92 Å². The molecule has 2 N–H and O–H groups in total. The summed E-state index contributed by atoms with van der Waals surface area (Å²) in [5, 5.41) is 21.1. The number of rotatable bonds is 4. The van der Waals surface area contributed by atoms with E-state index in [-0.39, 0.29) is 6.42 Å². The quantitative estimate of drug-likeness (QED) is 0.646. The van der Waals surface area contributed by atoms with Crippen LogP contribution >= 0.6 is 0 Å². The minimum atomic E-state index is -0.810. The molecule has 0 amide bonds. The van der Waals surface area contributed by atoms with Crippen LogP contribution in [-0.4, -0.2) is 22.0 Å². The van der Waals surface area contributed by atoms with Crippen molar-refractivity contribution in [3.05, 3.63) is 35.4 Å². The van der Waals surface area contributed by atoms with Crippen molar-refractivity contribution in [3.63, 3.8) is 0 Å². The molecule has 1 aromatic rings. The monoisotopic (exact) mass is 261 g/mol. The minimum Gasteiger partial charge on any atom is -0.481 e. The van der Waals surface area contributed by atoms with E-state index in [9.17, 15) is 4.79 Å². The van der Waals surface area contributed by atoms with Gasteiger partial charge in [0.05, 0.1) is 12.1 Å². The number of hydrogen-bond donors (Lipinski definition) is 2. The van der Waals surface area contributed by atoms with E-state index in [4.69, 9.17) is 10.3 Å². The number of carboxylic acids is 1. The summed E-state index contributed by atoms with van der Waals surface area (Å²) in [6, 6.07) is 7.67. The molecule has 1 saturated carbocycles. The van der Waals surface area contributed by atoms with E-state index in [1.54, 1.807) is 0 Å². The van der Waals surface area contributed by atoms with Crippen LogP contribution in [0.4, 0.5) is 0 Å². The number of nitrogens with zero attached hydrogens (tertiary/aromatic N) is 1. The lowest BCUT2D eigenvalue weighted by Gasteiger charge is -2.22. The van der Waals surface area contributed by atoms with Crippen LogP contribution in [0.2, 0.25) is 0 Å². The van der Waals surface area contributed by atoms with Crippen molar-refractivity contribution in [2.75, 3.05) is 0 Å². The van der Waals surface area contributed by atoms with Gasteiger partial charge in [-0.15, -0.1) is 0 Å². The highest BCUT2D eigenvalue weighted by Gasteiger charge is 2.21. The van der Waals surface area contributed by atoms with Gasteiger partial charge in [0, 0.05) is 5.92 Å². The van der Waals surface area contributed by atoms with E-state index in [2.05, 4.69) is 5.16 Å². The highest BCUT2D eigenvalue weighted by molar-refractivity contribution is 5.87. The molecule has 1 aromatic carbocycles. The maximum atomic E-state index is 10.6. The molecule has 1 aliphatic rings. The number of aliphatic carboxylic acids is 1. The fourth-order valence-electron chi connectivity index (χ4n) is 2.67. The van der Waals surface area contributed by atoms with Gasteiger partial charge in [-0.1, -0.05) is 35.8 Å². The summed E-state index contributed by atoms with van der Waals surface area (Å²) >= 11 is 0. The third-order valence-electron chi connectivity index (χ3n) is 3.70. The molecule has 1 atom stereocenters. The summed E-state index contributed by atoms with van der Waals surface area (Å²) in [6.45, 7) is 0. The third kappa shape index (κ3) is 3.81. The van der Waals surface area contributed by atoms with Crippen molar-refractivity contribution in [3.8, 4) is 0 Å². The first-order chi connectivity index (χ1) is 9.19. The van der Waals surface area contributed by atoms with Crippen molar-refractivity contribution < 1.29 is 15.1 Å². The first-order valence-electron chi connectivity index (χ1n) is 6.69. The Kier molecular flexibility index (Phi) is 4.55. The molecule has 0 bridgehead atoms. The van der Waals surface area contributed by atoms with Crippen LogP contribution in [0, 0.1) is 5.92 Å². The van der Waals surface area contributed by atoms with Crippen molar-refractivity contribution in [2.45, 2.75) is 38.5 Å². The second-order valence-electron chi connectivity index (χ2n) is 5.13. The Morgan fingerprint density at radius 3 is 2.53 bits per heavy atom. The second-order valence-corrected chi connectivity index (χ2v) is 5.13. The molecule has 0 spiro atoms. The lowest BCUT2D eigenvalue weighted by atomic mass is 9.83. The van der Waals surface area contributed by atoms with Crippen LogP contribution in [0.25, 0.3) is 0 Å². The fraction of sp³-hybridized carbons (Fsp3) is 0.467. The lowest BCUT2D eigenvalue weighted by Crippen LogP contribution is -2.21. The van der Waals surface area contributed by atoms with Crippen LogP contribution in [0.5, 0.6) is 0 Å².